The van der Waals surface area contributed by atoms with Crippen molar-refractivity contribution < 1.29 is 13.6 Å². The number of hydrogen-bond acceptors (Lipinski definition) is 2. The van der Waals surface area contributed by atoms with Gasteiger partial charge in [-0.05, 0) is 46.9 Å². The number of H-pyrrole nitrogens is 1. The number of nitrogens with zero attached hydrogens (tertiary/aromatic N) is 1. The van der Waals surface area contributed by atoms with Gasteiger partial charge in [0, 0.05) is 11.5 Å². The summed E-state index contributed by atoms with van der Waals surface area (Å²) >= 11 is 0. The van der Waals surface area contributed by atoms with Gasteiger partial charge in [-0.2, -0.15) is 5.10 Å². The molecule has 146 valence electrons. The molecule has 1 aromatic heterocycles. The number of hydrogen-bond donors (Lipinski definition) is 2. The Morgan fingerprint density at radius 3 is 2.38 bits per heavy atom. The van der Waals surface area contributed by atoms with Crippen LogP contribution in [0.25, 0.3) is 22.0 Å². The predicted octanol–water partition coefficient (Wildman–Crippen LogP) is 5.88. The number of anilines is 1. The maximum Gasteiger partial charge on any atom is 0.259 e. The number of carbonyl (C=O) groups excluding carboxylic acids is 1. The fourth-order valence-corrected chi connectivity index (χ4v) is 3.20. The van der Waals surface area contributed by atoms with Crippen LogP contribution in [0.3, 0.4) is 0 Å². The molecule has 0 fully saturated rings. The van der Waals surface area contributed by atoms with E-state index in [2.05, 4.69) is 53.6 Å². The maximum atomic E-state index is 13.8. The quantitative estimate of drug-likeness (QED) is 0.456. The monoisotopic (exact) mass is 391 g/mol. The first-order chi connectivity index (χ1) is 13.9. The number of fused-ring (bicyclic) bond motifs is 1. The van der Waals surface area contributed by atoms with Crippen molar-refractivity contribution in [2.45, 2.75) is 19.8 Å². The number of aromatic amines is 1. The SMILES string of the molecule is CC(C)c1ccc(-c2ccc3c(NC(=O)c4ccc(F)cc4F)n[nH]c3c2)cc1. The van der Waals surface area contributed by atoms with Gasteiger partial charge in [-0.3, -0.25) is 9.89 Å². The van der Waals surface area contributed by atoms with Gasteiger partial charge < -0.3 is 5.32 Å². The summed E-state index contributed by atoms with van der Waals surface area (Å²) in [7, 11) is 0. The molecule has 4 rings (SSSR count). The van der Waals surface area contributed by atoms with Crippen LogP contribution < -0.4 is 5.32 Å². The highest BCUT2D eigenvalue weighted by atomic mass is 19.1. The Labute approximate surface area is 166 Å². The summed E-state index contributed by atoms with van der Waals surface area (Å²) < 4.78 is 26.9. The number of halogens is 2. The molecule has 29 heavy (non-hydrogen) atoms. The molecule has 0 aliphatic heterocycles. The van der Waals surface area contributed by atoms with Crippen LogP contribution in [0.5, 0.6) is 0 Å². The van der Waals surface area contributed by atoms with Gasteiger partial charge in [-0.15, -0.1) is 0 Å². The molecule has 0 saturated heterocycles. The molecule has 1 heterocycles. The molecule has 6 heteroatoms. The highest BCUT2D eigenvalue weighted by molar-refractivity contribution is 6.08. The first-order valence-electron chi connectivity index (χ1n) is 9.27. The van der Waals surface area contributed by atoms with E-state index in [-0.39, 0.29) is 11.4 Å². The molecule has 0 saturated carbocycles. The van der Waals surface area contributed by atoms with Crippen molar-refractivity contribution in [1.82, 2.24) is 10.2 Å². The van der Waals surface area contributed by atoms with E-state index in [9.17, 15) is 13.6 Å². The smallest absolute Gasteiger partial charge is 0.259 e. The largest absolute Gasteiger partial charge is 0.304 e. The van der Waals surface area contributed by atoms with E-state index in [0.717, 1.165) is 28.8 Å². The number of nitrogens with one attached hydrogen (secondary N) is 2. The molecule has 0 aliphatic rings. The molecular formula is C23H19F2N3O. The average molecular weight is 391 g/mol. The normalized spacial score (nSPS) is 11.2. The van der Waals surface area contributed by atoms with E-state index in [1.807, 2.05) is 18.2 Å². The van der Waals surface area contributed by atoms with Crippen molar-refractivity contribution in [2.75, 3.05) is 5.32 Å². The van der Waals surface area contributed by atoms with Gasteiger partial charge in [-0.25, -0.2) is 8.78 Å². The highest BCUT2D eigenvalue weighted by Crippen LogP contribution is 2.28. The lowest BCUT2D eigenvalue weighted by atomic mass is 9.98. The molecule has 0 bridgehead atoms. The zero-order chi connectivity index (χ0) is 20.5. The Hall–Kier alpha value is -3.54. The van der Waals surface area contributed by atoms with Crippen LogP contribution in [-0.4, -0.2) is 16.1 Å². The lowest BCUT2D eigenvalue weighted by Gasteiger charge is -2.07. The Morgan fingerprint density at radius 2 is 1.69 bits per heavy atom. The number of rotatable bonds is 4. The maximum absolute atomic E-state index is 13.8. The van der Waals surface area contributed by atoms with Crippen molar-refractivity contribution in [3.05, 3.63) is 83.4 Å². The zero-order valence-electron chi connectivity index (χ0n) is 16.0. The predicted molar refractivity (Wildman–Crippen MR) is 110 cm³/mol. The van der Waals surface area contributed by atoms with Crippen LogP contribution in [0.2, 0.25) is 0 Å². The third kappa shape index (κ3) is 3.74. The molecule has 4 aromatic rings. The van der Waals surface area contributed by atoms with Crippen LogP contribution in [-0.2, 0) is 0 Å². The minimum Gasteiger partial charge on any atom is -0.304 e. The molecule has 0 radical (unpaired) electrons. The fourth-order valence-electron chi connectivity index (χ4n) is 3.20. The number of aromatic nitrogens is 2. The van der Waals surface area contributed by atoms with E-state index in [4.69, 9.17) is 0 Å². The van der Waals surface area contributed by atoms with E-state index in [1.54, 1.807) is 0 Å². The standard InChI is InChI=1S/C23H19F2N3O/c1-13(2)14-3-5-15(6-4-14)16-7-9-19-21(11-16)27-28-22(19)26-23(29)18-10-8-17(24)12-20(18)25/h3-13H,1-2H3,(H2,26,27,28,29). The van der Waals surface area contributed by atoms with Crippen molar-refractivity contribution >= 4 is 22.6 Å². The van der Waals surface area contributed by atoms with Gasteiger partial charge in [0.2, 0.25) is 0 Å². The van der Waals surface area contributed by atoms with E-state index in [1.165, 1.54) is 5.56 Å². The van der Waals surface area contributed by atoms with Crippen molar-refractivity contribution in [2.24, 2.45) is 0 Å². The Bertz CT molecular complexity index is 1200. The molecule has 0 spiro atoms. The van der Waals surface area contributed by atoms with Crippen molar-refractivity contribution in [3.63, 3.8) is 0 Å². The lowest BCUT2D eigenvalue weighted by Crippen LogP contribution is -2.14. The van der Waals surface area contributed by atoms with Crippen LogP contribution in [0, 0.1) is 11.6 Å². The van der Waals surface area contributed by atoms with E-state index in [0.29, 0.717) is 17.4 Å². The topological polar surface area (TPSA) is 57.8 Å². The van der Waals surface area contributed by atoms with Gasteiger partial charge in [0.05, 0.1) is 11.1 Å². The third-order valence-corrected chi connectivity index (χ3v) is 4.88. The number of carbonyl (C=O) groups is 1. The summed E-state index contributed by atoms with van der Waals surface area (Å²) in [6.45, 7) is 4.30. The highest BCUT2D eigenvalue weighted by Gasteiger charge is 2.16. The Kier molecular flexibility index (Phi) is 4.84. The van der Waals surface area contributed by atoms with E-state index < -0.39 is 17.5 Å². The lowest BCUT2D eigenvalue weighted by molar-refractivity contribution is 0.102. The molecule has 3 aromatic carbocycles. The molecule has 0 atom stereocenters. The first-order valence-corrected chi connectivity index (χ1v) is 9.27. The molecular weight excluding hydrogens is 372 g/mol. The molecule has 2 N–H and O–H groups in total. The van der Waals surface area contributed by atoms with Gasteiger partial charge in [0.25, 0.3) is 5.91 Å². The summed E-state index contributed by atoms with van der Waals surface area (Å²) in [4.78, 5) is 12.3. The summed E-state index contributed by atoms with van der Waals surface area (Å²) in [6.07, 6.45) is 0. The van der Waals surface area contributed by atoms with Crippen molar-refractivity contribution in [1.29, 1.82) is 0 Å². The van der Waals surface area contributed by atoms with Crippen molar-refractivity contribution in [3.8, 4) is 11.1 Å². The summed E-state index contributed by atoms with van der Waals surface area (Å²) in [5.74, 6) is -1.59. The second kappa shape index (κ2) is 7.47. The van der Waals surface area contributed by atoms with Crippen LogP contribution in [0.15, 0.2) is 60.7 Å². The minimum absolute atomic E-state index is 0.246. The number of amides is 1. The Balaban J connectivity index is 1.60. The summed E-state index contributed by atoms with van der Waals surface area (Å²) in [5, 5.41) is 10.3. The van der Waals surface area contributed by atoms with Gasteiger partial charge in [0.15, 0.2) is 5.82 Å². The third-order valence-electron chi connectivity index (χ3n) is 4.88. The fraction of sp³-hybridized carbons (Fsp3) is 0.130. The van der Waals surface area contributed by atoms with Gasteiger partial charge in [0.1, 0.15) is 11.6 Å². The number of benzene rings is 3. The molecule has 1 amide bonds. The zero-order valence-corrected chi connectivity index (χ0v) is 16.0. The average Bonchev–Trinajstić information content (AvgIpc) is 3.10. The summed E-state index contributed by atoms with van der Waals surface area (Å²) in [5.41, 5.74) is 3.85. The molecule has 0 unspecified atom stereocenters. The Morgan fingerprint density at radius 1 is 0.966 bits per heavy atom. The minimum atomic E-state index is -0.922. The second-order valence-corrected chi connectivity index (χ2v) is 7.19. The molecule has 0 aliphatic carbocycles. The van der Waals surface area contributed by atoms with Crippen LogP contribution in [0.1, 0.15) is 35.7 Å². The molecule has 4 nitrogen and oxygen atoms in total. The van der Waals surface area contributed by atoms with Crippen LogP contribution >= 0.6 is 0 Å². The van der Waals surface area contributed by atoms with Gasteiger partial charge in [-0.1, -0.05) is 44.2 Å². The van der Waals surface area contributed by atoms with E-state index >= 15 is 0 Å². The van der Waals surface area contributed by atoms with Gasteiger partial charge >= 0.3 is 0 Å². The summed E-state index contributed by atoms with van der Waals surface area (Å²) in [6, 6.07) is 16.9. The second-order valence-electron chi connectivity index (χ2n) is 7.19. The first kappa shape index (κ1) is 18.8. The van der Waals surface area contributed by atoms with Crippen LogP contribution in [0.4, 0.5) is 14.6 Å².